The molecule has 1 heterocycles. The zero-order chi connectivity index (χ0) is 17.4. The Morgan fingerprint density at radius 1 is 1.25 bits per heavy atom. The monoisotopic (exact) mass is 335 g/mol. The van der Waals surface area contributed by atoms with E-state index in [1.165, 1.54) is 12.7 Å². The topological polar surface area (TPSA) is 75.4 Å². The minimum atomic E-state index is -0.229. The van der Waals surface area contributed by atoms with Crippen LogP contribution in [0.3, 0.4) is 0 Å². The predicted molar refractivity (Wildman–Crippen MR) is 91.4 cm³/mol. The Bertz CT molecular complexity index is 535. The van der Waals surface area contributed by atoms with E-state index in [1.807, 2.05) is 11.8 Å². The molecule has 134 valence electrons. The number of hydrogen-bond acceptors (Lipinski definition) is 4. The van der Waals surface area contributed by atoms with E-state index in [0.717, 1.165) is 38.5 Å². The highest BCUT2D eigenvalue weighted by Crippen LogP contribution is 2.26. The predicted octanol–water partition coefficient (Wildman–Crippen LogP) is 3.13. The van der Waals surface area contributed by atoms with Crippen molar-refractivity contribution in [1.82, 2.24) is 15.2 Å². The average molecular weight is 335 g/mol. The molecule has 6 nitrogen and oxygen atoms in total. The van der Waals surface area contributed by atoms with Crippen molar-refractivity contribution < 1.29 is 14.0 Å². The first kappa shape index (κ1) is 18.5. The van der Waals surface area contributed by atoms with Gasteiger partial charge in [-0.25, -0.2) is 4.98 Å². The van der Waals surface area contributed by atoms with Gasteiger partial charge in [-0.15, -0.1) is 0 Å². The molecule has 0 unspecified atom stereocenters. The van der Waals surface area contributed by atoms with Crippen LogP contribution < -0.4 is 5.32 Å². The minimum absolute atomic E-state index is 0.132. The molecule has 24 heavy (non-hydrogen) atoms. The number of rotatable bonds is 8. The van der Waals surface area contributed by atoms with E-state index >= 15 is 0 Å². The Hall–Kier alpha value is -1.85. The number of carbonyl (C=O) groups excluding carboxylic acids is 2. The van der Waals surface area contributed by atoms with Crippen LogP contribution in [0.4, 0.5) is 0 Å². The summed E-state index contributed by atoms with van der Waals surface area (Å²) in [5.74, 6) is 0.529. The summed E-state index contributed by atoms with van der Waals surface area (Å²) in [4.78, 5) is 30.7. The Morgan fingerprint density at radius 2 is 2.00 bits per heavy atom. The Morgan fingerprint density at radius 3 is 2.67 bits per heavy atom. The molecule has 0 radical (unpaired) electrons. The van der Waals surface area contributed by atoms with Crippen molar-refractivity contribution in [2.75, 3.05) is 13.1 Å². The lowest BCUT2D eigenvalue weighted by atomic mass is 9.88. The largest absolute Gasteiger partial charge is 0.446 e. The van der Waals surface area contributed by atoms with Crippen molar-refractivity contribution in [3.8, 4) is 0 Å². The quantitative estimate of drug-likeness (QED) is 0.792. The second-order valence-electron chi connectivity index (χ2n) is 6.48. The summed E-state index contributed by atoms with van der Waals surface area (Å²) in [7, 11) is 0. The van der Waals surface area contributed by atoms with E-state index in [2.05, 4.69) is 17.2 Å². The van der Waals surface area contributed by atoms with Gasteiger partial charge in [-0.2, -0.15) is 0 Å². The van der Waals surface area contributed by atoms with Crippen molar-refractivity contribution in [3.05, 3.63) is 17.8 Å². The number of amides is 2. The van der Waals surface area contributed by atoms with Crippen molar-refractivity contribution >= 4 is 11.8 Å². The number of hydrogen-bond donors (Lipinski definition) is 1. The molecule has 0 aliphatic heterocycles. The molecule has 0 bridgehead atoms. The molecule has 0 aromatic carbocycles. The highest BCUT2D eigenvalue weighted by molar-refractivity contribution is 5.91. The van der Waals surface area contributed by atoms with Crippen LogP contribution in [0, 0.1) is 5.92 Å². The molecular formula is C18H29N3O3. The molecule has 2 amide bonds. The molecule has 1 fully saturated rings. The standard InChI is InChI=1S/C18H29N3O3/c1-3-10-19-17(22)15-13-24-16(20-15)12-21(11-4-2)18(23)14-8-6-5-7-9-14/h13-14H,3-12H2,1-2H3,(H,19,22). The SMILES string of the molecule is CCCNC(=O)c1coc(CN(CCC)C(=O)C2CCCCC2)n1. The van der Waals surface area contributed by atoms with Gasteiger partial charge in [0.1, 0.15) is 6.26 Å². The molecular weight excluding hydrogens is 306 g/mol. The summed E-state index contributed by atoms with van der Waals surface area (Å²) in [5.41, 5.74) is 0.278. The number of nitrogens with one attached hydrogen (secondary N) is 1. The van der Waals surface area contributed by atoms with Crippen LogP contribution in [0.25, 0.3) is 0 Å². The third kappa shape index (κ3) is 5.08. The van der Waals surface area contributed by atoms with Gasteiger partial charge in [0.15, 0.2) is 5.69 Å². The number of nitrogens with zero attached hydrogens (tertiary/aromatic N) is 2. The summed E-state index contributed by atoms with van der Waals surface area (Å²) >= 11 is 0. The molecule has 1 aromatic rings. The smallest absolute Gasteiger partial charge is 0.273 e. The van der Waals surface area contributed by atoms with Crippen LogP contribution in [0.15, 0.2) is 10.7 Å². The van der Waals surface area contributed by atoms with Crippen LogP contribution in [0.2, 0.25) is 0 Å². The number of oxazole rings is 1. The number of aromatic nitrogens is 1. The van der Waals surface area contributed by atoms with Crippen LogP contribution in [-0.2, 0) is 11.3 Å². The molecule has 1 aliphatic carbocycles. The zero-order valence-electron chi connectivity index (χ0n) is 14.8. The van der Waals surface area contributed by atoms with Gasteiger partial charge in [-0.05, 0) is 25.7 Å². The fraction of sp³-hybridized carbons (Fsp3) is 0.722. The Labute approximate surface area is 144 Å². The lowest BCUT2D eigenvalue weighted by Crippen LogP contribution is -2.37. The molecule has 0 saturated heterocycles. The maximum atomic E-state index is 12.8. The van der Waals surface area contributed by atoms with Crippen LogP contribution in [0.5, 0.6) is 0 Å². The zero-order valence-corrected chi connectivity index (χ0v) is 14.8. The fourth-order valence-corrected chi connectivity index (χ4v) is 3.12. The van der Waals surface area contributed by atoms with Gasteiger partial charge < -0.3 is 14.6 Å². The van der Waals surface area contributed by atoms with Crippen LogP contribution in [-0.4, -0.2) is 34.8 Å². The molecule has 0 spiro atoms. The maximum Gasteiger partial charge on any atom is 0.273 e. The summed E-state index contributed by atoms with van der Waals surface area (Å²) in [6.45, 7) is 5.69. The van der Waals surface area contributed by atoms with Gasteiger partial charge in [0.05, 0.1) is 6.54 Å². The third-order valence-electron chi connectivity index (χ3n) is 4.41. The molecule has 0 atom stereocenters. The first-order chi connectivity index (χ1) is 11.7. The number of carbonyl (C=O) groups is 2. The van der Waals surface area contributed by atoms with E-state index in [0.29, 0.717) is 25.5 Å². The van der Waals surface area contributed by atoms with Gasteiger partial charge in [0.25, 0.3) is 5.91 Å². The summed E-state index contributed by atoms with van der Waals surface area (Å²) < 4.78 is 5.41. The fourth-order valence-electron chi connectivity index (χ4n) is 3.12. The van der Waals surface area contributed by atoms with Crippen molar-refractivity contribution in [2.45, 2.75) is 65.3 Å². The van der Waals surface area contributed by atoms with Crippen LogP contribution >= 0.6 is 0 Å². The normalized spacial score (nSPS) is 15.2. The highest BCUT2D eigenvalue weighted by atomic mass is 16.3. The van der Waals surface area contributed by atoms with E-state index in [-0.39, 0.29) is 23.4 Å². The summed E-state index contributed by atoms with van der Waals surface area (Å²) in [6, 6.07) is 0. The van der Waals surface area contributed by atoms with E-state index in [1.54, 1.807) is 0 Å². The minimum Gasteiger partial charge on any atom is -0.446 e. The van der Waals surface area contributed by atoms with Gasteiger partial charge >= 0.3 is 0 Å². The Kier molecular flexibility index (Phi) is 7.28. The van der Waals surface area contributed by atoms with Crippen molar-refractivity contribution in [1.29, 1.82) is 0 Å². The van der Waals surface area contributed by atoms with E-state index in [4.69, 9.17) is 4.42 Å². The van der Waals surface area contributed by atoms with E-state index < -0.39 is 0 Å². The van der Waals surface area contributed by atoms with Gasteiger partial charge in [-0.3, -0.25) is 9.59 Å². The molecule has 1 saturated carbocycles. The molecule has 1 aliphatic rings. The van der Waals surface area contributed by atoms with Crippen molar-refractivity contribution in [2.24, 2.45) is 5.92 Å². The molecule has 2 rings (SSSR count). The molecule has 6 heteroatoms. The Balaban J connectivity index is 1.98. The first-order valence-electron chi connectivity index (χ1n) is 9.17. The highest BCUT2D eigenvalue weighted by Gasteiger charge is 2.26. The lowest BCUT2D eigenvalue weighted by Gasteiger charge is -2.28. The second-order valence-corrected chi connectivity index (χ2v) is 6.48. The van der Waals surface area contributed by atoms with Gasteiger partial charge in [0.2, 0.25) is 11.8 Å². The van der Waals surface area contributed by atoms with Gasteiger partial charge in [0, 0.05) is 19.0 Å². The maximum absolute atomic E-state index is 12.8. The average Bonchev–Trinajstić information content (AvgIpc) is 3.08. The van der Waals surface area contributed by atoms with Gasteiger partial charge in [-0.1, -0.05) is 33.1 Å². The van der Waals surface area contributed by atoms with Crippen LogP contribution in [0.1, 0.15) is 75.2 Å². The second kappa shape index (κ2) is 9.45. The molecule has 1 aromatic heterocycles. The summed E-state index contributed by atoms with van der Waals surface area (Å²) in [6.07, 6.45) is 8.60. The lowest BCUT2D eigenvalue weighted by molar-refractivity contribution is -0.137. The first-order valence-corrected chi connectivity index (χ1v) is 9.17. The molecule has 1 N–H and O–H groups in total. The van der Waals surface area contributed by atoms with Crippen molar-refractivity contribution in [3.63, 3.8) is 0 Å². The third-order valence-corrected chi connectivity index (χ3v) is 4.41. The van der Waals surface area contributed by atoms with E-state index in [9.17, 15) is 9.59 Å². The summed E-state index contributed by atoms with van der Waals surface area (Å²) in [5, 5.41) is 2.77.